The molecule has 0 saturated carbocycles. The van der Waals surface area contributed by atoms with Crippen molar-refractivity contribution in [3.8, 4) is 11.8 Å². The van der Waals surface area contributed by atoms with Crippen LogP contribution in [0.15, 0.2) is 11.6 Å². The van der Waals surface area contributed by atoms with Crippen molar-refractivity contribution in [1.82, 2.24) is 0 Å². The average Bonchev–Trinajstić information content (AvgIpc) is 2.33. The molecule has 0 aromatic carbocycles. The number of methoxy groups -OCH3 is 2. The molecule has 1 rings (SSSR count). The highest BCUT2D eigenvalue weighted by molar-refractivity contribution is 5.82. The second-order valence-corrected chi connectivity index (χ2v) is 4.52. The molecule has 3 nitrogen and oxygen atoms in total. The molecule has 0 fully saturated rings. The SMILES string of the molecule is COCC#CC1=CCC[C@@H](C)[C@@]1(C)C(=O)OC. The summed E-state index contributed by atoms with van der Waals surface area (Å²) in [7, 11) is 3.03. The van der Waals surface area contributed by atoms with Crippen LogP contribution in [-0.4, -0.2) is 26.8 Å². The van der Waals surface area contributed by atoms with Crippen molar-refractivity contribution < 1.29 is 14.3 Å². The minimum atomic E-state index is -0.617. The predicted molar refractivity (Wildman–Crippen MR) is 66.3 cm³/mol. The summed E-state index contributed by atoms with van der Waals surface area (Å²) in [6.07, 6.45) is 3.99. The van der Waals surface area contributed by atoms with Gasteiger partial charge in [-0.3, -0.25) is 4.79 Å². The number of allylic oxidation sites excluding steroid dienone is 1. The van der Waals surface area contributed by atoms with E-state index in [1.807, 2.05) is 13.0 Å². The van der Waals surface area contributed by atoms with Crippen LogP contribution in [0.5, 0.6) is 0 Å². The Labute approximate surface area is 103 Å². The molecule has 0 aromatic heterocycles. The fourth-order valence-electron chi connectivity index (χ4n) is 2.15. The molecular formula is C14H20O3. The number of ether oxygens (including phenoxy) is 2. The zero-order valence-corrected chi connectivity index (χ0v) is 11.0. The Morgan fingerprint density at radius 3 is 2.88 bits per heavy atom. The lowest BCUT2D eigenvalue weighted by Crippen LogP contribution is -2.39. The highest BCUT2D eigenvalue weighted by Crippen LogP contribution is 2.42. The molecule has 0 spiro atoms. The Morgan fingerprint density at radius 2 is 2.29 bits per heavy atom. The maximum atomic E-state index is 12.0. The van der Waals surface area contributed by atoms with Crippen LogP contribution >= 0.6 is 0 Å². The van der Waals surface area contributed by atoms with Crippen LogP contribution < -0.4 is 0 Å². The zero-order chi connectivity index (χ0) is 12.9. The van der Waals surface area contributed by atoms with E-state index >= 15 is 0 Å². The monoisotopic (exact) mass is 236 g/mol. The molecule has 0 aliphatic heterocycles. The molecule has 94 valence electrons. The lowest BCUT2D eigenvalue weighted by Gasteiger charge is -2.36. The van der Waals surface area contributed by atoms with Gasteiger partial charge < -0.3 is 9.47 Å². The van der Waals surface area contributed by atoms with Gasteiger partial charge in [0.15, 0.2) is 0 Å². The van der Waals surface area contributed by atoms with Crippen LogP contribution in [0.25, 0.3) is 0 Å². The van der Waals surface area contributed by atoms with Crippen molar-refractivity contribution in [3.05, 3.63) is 11.6 Å². The van der Waals surface area contributed by atoms with E-state index in [0.29, 0.717) is 6.61 Å². The van der Waals surface area contributed by atoms with E-state index in [9.17, 15) is 4.79 Å². The summed E-state index contributed by atoms with van der Waals surface area (Å²) < 4.78 is 9.82. The highest BCUT2D eigenvalue weighted by atomic mass is 16.5. The average molecular weight is 236 g/mol. The number of hydrogen-bond donors (Lipinski definition) is 0. The van der Waals surface area contributed by atoms with Gasteiger partial charge in [0.05, 0.1) is 7.11 Å². The van der Waals surface area contributed by atoms with Gasteiger partial charge in [-0.2, -0.15) is 0 Å². The first kappa shape index (κ1) is 13.8. The Bertz CT molecular complexity index is 373. The number of esters is 1. The Hall–Kier alpha value is -1.27. The molecule has 0 aromatic rings. The third-order valence-electron chi connectivity index (χ3n) is 3.54. The largest absolute Gasteiger partial charge is 0.468 e. The molecule has 3 heteroatoms. The maximum absolute atomic E-state index is 12.0. The fourth-order valence-corrected chi connectivity index (χ4v) is 2.15. The number of rotatable bonds is 2. The molecular weight excluding hydrogens is 216 g/mol. The fraction of sp³-hybridized carbons (Fsp3) is 0.643. The van der Waals surface area contributed by atoms with Crippen LogP contribution in [0.1, 0.15) is 26.7 Å². The topological polar surface area (TPSA) is 35.5 Å². The van der Waals surface area contributed by atoms with Crippen molar-refractivity contribution in [2.24, 2.45) is 11.3 Å². The van der Waals surface area contributed by atoms with Crippen molar-refractivity contribution in [2.75, 3.05) is 20.8 Å². The van der Waals surface area contributed by atoms with Gasteiger partial charge in [0.2, 0.25) is 0 Å². The summed E-state index contributed by atoms with van der Waals surface area (Å²) in [5.74, 6) is 5.99. The maximum Gasteiger partial charge on any atom is 0.316 e. The normalized spacial score (nSPS) is 27.8. The Balaban J connectivity index is 3.04. The minimum absolute atomic E-state index is 0.206. The summed E-state index contributed by atoms with van der Waals surface area (Å²) in [5, 5.41) is 0. The van der Waals surface area contributed by atoms with E-state index in [1.54, 1.807) is 7.11 Å². The van der Waals surface area contributed by atoms with Crippen molar-refractivity contribution in [1.29, 1.82) is 0 Å². The van der Waals surface area contributed by atoms with Crippen LogP contribution in [-0.2, 0) is 14.3 Å². The lowest BCUT2D eigenvalue weighted by molar-refractivity contribution is -0.152. The van der Waals surface area contributed by atoms with Crippen molar-refractivity contribution in [3.63, 3.8) is 0 Å². The highest BCUT2D eigenvalue weighted by Gasteiger charge is 2.44. The molecule has 0 saturated heterocycles. The second kappa shape index (κ2) is 5.88. The lowest BCUT2D eigenvalue weighted by atomic mass is 9.67. The molecule has 0 unspecified atom stereocenters. The standard InChI is InChI=1S/C14H20O3/c1-11-7-5-8-12(9-6-10-16-3)14(11,2)13(15)17-4/h8,11H,5,7,10H2,1-4H3/t11-,14-/m1/s1. The van der Waals surface area contributed by atoms with Crippen LogP contribution in [0.2, 0.25) is 0 Å². The van der Waals surface area contributed by atoms with Crippen molar-refractivity contribution in [2.45, 2.75) is 26.7 Å². The number of carbonyl (C=O) groups is 1. The Morgan fingerprint density at radius 1 is 1.59 bits per heavy atom. The van der Waals surface area contributed by atoms with Gasteiger partial charge in [0.1, 0.15) is 12.0 Å². The van der Waals surface area contributed by atoms with Gasteiger partial charge in [-0.15, -0.1) is 0 Å². The van der Waals surface area contributed by atoms with Crippen LogP contribution in [0.4, 0.5) is 0 Å². The molecule has 0 bridgehead atoms. The van der Waals surface area contributed by atoms with Gasteiger partial charge in [-0.25, -0.2) is 0 Å². The first-order valence-electron chi connectivity index (χ1n) is 5.84. The van der Waals surface area contributed by atoms with E-state index in [0.717, 1.165) is 18.4 Å². The quantitative estimate of drug-likeness (QED) is 0.544. The summed E-state index contributed by atoms with van der Waals surface area (Å²) in [4.78, 5) is 12.0. The molecule has 0 amide bonds. The summed E-state index contributed by atoms with van der Waals surface area (Å²) in [6.45, 7) is 4.36. The first-order valence-corrected chi connectivity index (χ1v) is 5.84. The molecule has 1 aliphatic carbocycles. The Kier molecular flexibility index (Phi) is 4.77. The summed E-state index contributed by atoms with van der Waals surface area (Å²) in [6, 6.07) is 0. The van der Waals surface area contributed by atoms with Gasteiger partial charge in [0.25, 0.3) is 0 Å². The molecule has 17 heavy (non-hydrogen) atoms. The van der Waals surface area contributed by atoms with Crippen LogP contribution in [0, 0.1) is 23.2 Å². The smallest absolute Gasteiger partial charge is 0.316 e. The third kappa shape index (κ3) is 2.70. The van der Waals surface area contributed by atoms with Gasteiger partial charge in [0, 0.05) is 12.7 Å². The van der Waals surface area contributed by atoms with E-state index in [2.05, 4.69) is 18.8 Å². The van der Waals surface area contributed by atoms with Crippen molar-refractivity contribution >= 4 is 5.97 Å². The molecule has 0 radical (unpaired) electrons. The van der Waals surface area contributed by atoms with Crippen LogP contribution in [0.3, 0.4) is 0 Å². The molecule has 1 aliphatic rings. The third-order valence-corrected chi connectivity index (χ3v) is 3.54. The van der Waals surface area contributed by atoms with E-state index < -0.39 is 5.41 Å². The number of carbonyl (C=O) groups excluding carboxylic acids is 1. The minimum Gasteiger partial charge on any atom is -0.468 e. The number of hydrogen-bond acceptors (Lipinski definition) is 3. The summed E-state index contributed by atoms with van der Waals surface area (Å²) >= 11 is 0. The molecule has 0 N–H and O–H groups in total. The van der Waals surface area contributed by atoms with E-state index in [1.165, 1.54) is 7.11 Å². The van der Waals surface area contributed by atoms with Gasteiger partial charge >= 0.3 is 5.97 Å². The zero-order valence-electron chi connectivity index (χ0n) is 11.0. The van der Waals surface area contributed by atoms with E-state index in [-0.39, 0.29) is 11.9 Å². The first-order chi connectivity index (χ1) is 8.07. The summed E-state index contributed by atoms with van der Waals surface area (Å²) in [5.41, 5.74) is 0.244. The van der Waals surface area contributed by atoms with Gasteiger partial charge in [-0.1, -0.05) is 24.8 Å². The second-order valence-electron chi connectivity index (χ2n) is 4.52. The van der Waals surface area contributed by atoms with Gasteiger partial charge in [-0.05, 0) is 25.7 Å². The molecule has 2 atom stereocenters. The predicted octanol–water partition coefficient (Wildman–Crippen LogP) is 2.17. The van der Waals surface area contributed by atoms with E-state index in [4.69, 9.17) is 9.47 Å². The molecule has 0 heterocycles.